The summed E-state index contributed by atoms with van der Waals surface area (Å²) < 4.78 is 33.0. The highest BCUT2D eigenvalue weighted by Crippen LogP contribution is 2.55. The molecule has 5 aliphatic rings. The molecule has 0 amide bonds. The molecule has 2 fully saturated rings. The van der Waals surface area contributed by atoms with Gasteiger partial charge < -0.3 is 38.7 Å². The first kappa shape index (κ1) is 50.0. The van der Waals surface area contributed by atoms with Crippen LogP contribution in [0.3, 0.4) is 0 Å². The third-order valence-electron chi connectivity index (χ3n) is 17.4. The second-order valence-electron chi connectivity index (χ2n) is 21.6. The zero-order valence-corrected chi connectivity index (χ0v) is 42.0. The Morgan fingerprint density at radius 2 is 1.62 bits per heavy atom. The van der Waals surface area contributed by atoms with E-state index in [0.717, 1.165) is 64.2 Å². The van der Waals surface area contributed by atoms with E-state index in [9.17, 15) is 20.1 Å². The smallest absolute Gasteiger partial charge is 0.340 e. The molecule has 9 unspecified atom stereocenters. The largest absolute Gasteiger partial charge is 0.483 e. The van der Waals surface area contributed by atoms with Gasteiger partial charge in [0.05, 0.1) is 25.4 Å². The van der Waals surface area contributed by atoms with E-state index in [4.69, 9.17) is 23.4 Å². The summed E-state index contributed by atoms with van der Waals surface area (Å²) in [6, 6.07) is 29.8. The molecule has 2 saturated carbocycles. The van der Waals surface area contributed by atoms with Crippen LogP contribution in [0.2, 0.25) is 0 Å². The van der Waals surface area contributed by atoms with Gasteiger partial charge in [0.15, 0.2) is 17.8 Å². The Labute approximate surface area is 422 Å². The summed E-state index contributed by atoms with van der Waals surface area (Å²) in [5, 5.41) is 32.1. The average Bonchev–Trinajstić information content (AvgIpc) is 3.39. The molecular weight excluding hydrogens is 909 g/mol. The van der Waals surface area contributed by atoms with Crippen LogP contribution >= 0.6 is 0 Å². The zero-order valence-electron chi connectivity index (χ0n) is 42.0. The Morgan fingerprint density at radius 3 is 2.42 bits per heavy atom. The molecule has 3 N–H and O–H groups in total. The van der Waals surface area contributed by atoms with Crippen LogP contribution in [-0.2, 0) is 49.7 Å². The summed E-state index contributed by atoms with van der Waals surface area (Å²) in [6.45, 7) is 2.75. The van der Waals surface area contributed by atoms with Crippen LogP contribution in [0.4, 0.5) is 0 Å². The highest BCUT2D eigenvalue weighted by atomic mass is 16.6. The number of fused-ring (bicyclic) bond motifs is 8. The van der Waals surface area contributed by atoms with Gasteiger partial charge in [-0.25, -0.2) is 9.59 Å². The molecule has 5 aromatic rings. The van der Waals surface area contributed by atoms with Gasteiger partial charge in [-0.3, -0.25) is 4.79 Å². The number of esters is 2. The molecule has 9 atom stereocenters. The summed E-state index contributed by atoms with van der Waals surface area (Å²) in [6.07, 6.45) is 7.59. The number of ether oxygens (including phenoxy) is 4. The van der Waals surface area contributed by atoms with Crippen LogP contribution in [0.5, 0.6) is 5.75 Å². The Bertz CT molecular complexity index is 2880. The van der Waals surface area contributed by atoms with Crippen LogP contribution in [0, 0.1) is 17.8 Å². The number of carbonyl (C=O) groups excluding carboxylic acids is 2. The number of aliphatic hydroxyl groups is 3. The van der Waals surface area contributed by atoms with E-state index < -0.39 is 47.9 Å². The normalized spacial score (nSPS) is 27.5. The first-order valence-electron chi connectivity index (χ1n) is 26.5. The van der Waals surface area contributed by atoms with Crippen LogP contribution in [0.1, 0.15) is 158 Å². The standard InChI is InChI=1S/C61H70O11/c1-36(33-63)47-22-20-39-16-19-44-30-42(39)18-17-40-13-7-8-15-51(40)61(2)58(71-59(47)66)57(55-52(72-61)25-24-49-50(34-64)54(60(67)70-56(49)55)45(26-27-62)35-68-3)69-53(65)32-46-31-43(21-23-48(44)46)41-14-9-12-38(29-41)28-37-10-5-4-6-11-37/h4-6,9-12,14,16,19,24-25,29-30,40,43,45-46,48,51,57-58,62-64H,7-8,13,15,17-18,20-23,26-28,31-35H2,1-3H3. The summed E-state index contributed by atoms with van der Waals surface area (Å²) in [5.41, 5.74) is 7.16. The SMILES string of the molecule is COCC(CCO)c1c(CO)c2ccc3c(c2oc1=O)C1OC(=O)CC2CC(c4cccc(Cc5ccccc5)c4)CCC2c2ccc4c(c2)CCC2CCCCC2C(C)(O3)C1OC(=O)C(=C(C)CO)CC4. The Hall–Kier alpha value is -5.59. The highest BCUT2D eigenvalue weighted by Gasteiger charge is 2.58. The maximum absolute atomic E-state index is 15.4. The van der Waals surface area contributed by atoms with Crippen molar-refractivity contribution in [3.63, 3.8) is 0 Å². The molecule has 11 nitrogen and oxygen atoms in total. The fourth-order valence-corrected chi connectivity index (χ4v) is 13.7. The number of methoxy groups -OCH3 is 1. The maximum atomic E-state index is 15.4. The molecule has 1 aromatic heterocycles. The lowest BCUT2D eigenvalue weighted by Crippen LogP contribution is -2.60. The van der Waals surface area contributed by atoms with Crippen LogP contribution in [0.15, 0.2) is 105 Å². The third kappa shape index (κ3) is 9.70. The van der Waals surface area contributed by atoms with Gasteiger partial charge in [-0.05, 0) is 158 Å². The van der Waals surface area contributed by atoms with E-state index in [-0.39, 0.29) is 79.0 Å². The van der Waals surface area contributed by atoms with Crippen LogP contribution < -0.4 is 10.4 Å². The first-order chi connectivity index (χ1) is 35.0. The molecule has 11 heteroatoms. The van der Waals surface area contributed by atoms with Crippen LogP contribution in [-0.4, -0.2) is 65.9 Å². The minimum atomic E-state index is -1.29. The zero-order chi connectivity index (χ0) is 50.1. The minimum absolute atomic E-state index is 0.0685. The second-order valence-corrected chi connectivity index (χ2v) is 21.6. The molecule has 2 aliphatic carbocycles. The number of carbonyl (C=O) groups is 2. The molecule has 5 bridgehead atoms. The number of hydrogen-bond acceptors (Lipinski definition) is 11. The third-order valence-corrected chi connectivity index (χ3v) is 17.4. The summed E-state index contributed by atoms with van der Waals surface area (Å²) in [4.78, 5) is 44.9. The van der Waals surface area contributed by atoms with Crippen molar-refractivity contribution in [2.75, 3.05) is 26.9 Å². The molecule has 0 saturated heterocycles. The number of aryl methyl sites for hydroxylation is 2. The molecule has 3 aliphatic heterocycles. The van der Waals surface area contributed by atoms with Crippen molar-refractivity contribution in [3.8, 4) is 5.75 Å². The van der Waals surface area contributed by atoms with Gasteiger partial charge in [0.1, 0.15) is 11.3 Å². The molecule has 4 heterocycles. The second kappa shape index (κ2) is 21.5. The first-order valence-corrected chi connectivity index (χ1v) is 26.5. The van der Waals surface area contributed by atoms with Gasteiger partial charge in [0.2, 0.25) is 0 Å². The number of aliphatic hydroxyl groups excluding tert-OH is 3. The van der Waals surface area contributed by atoms with Crippen molar-refractivity contribution in [1.29, 1.82) is 0 Å². The number of hydrogen-bond donors (Lipinski definition) is 3. The average molecular weight is 979 g/mol. The van der Waals surface area contributed by atoms with Crippen molar-refractivity contribution in [2.45, 2.75) is 146 Å². The van der Waals surface area contributed by atoms with E-state index in [2.05, 4.69) is 66.7 Å². The van der Waals surface area contributed by atoms with Crippen molar-refractivity contribution in [1.82, 2.24) is 0 Å². The Morgan fingerprint density at radius 1 is 0.806 bits per heavy atom. The molecule has 0 radical (unpaired) electrons. The topological polar surface area (TPSA) is 162 Å². The Balaban J connectivity index is 1.15. The number of rotatable bonds is 10. The van der Waals surface area contributed by atoms with E-state index in [1.54, 1.807) is 19.1 Å². The predicted molar refractivity (Wildman–Crippen MR) is 274 cm³/mol. The van der Waals surface area contributed by atoms with E-state index in [1.807, 2.05) is 13.0 Å². The molecular formula is C61H70O11. The van der Waals surface area contributed by atoms with Crippen LogP contribution in [0.25, 0.3) is 11.0 Å². The number of benzene rings is 4. The molecule has 4 aromatic carbocycles. The summed E-state index contributed by atoms with van der Waals surface area (Å²) in [7, 11) is 1.51. The van der Waals surface area contributed by atoms with Gasteiger partial charge in [0.25, 0.3) is 0 Å². The molecule has 72 heavy (non-hydrogen) atoms. The lowest BCUT2D eigenvalue weighted by atomic mass is 9.65. The van der Waals surface area contributed by atoms with E-state index >= 15 is 9.59 Å². The predicted octanol–water partition coefficient (Wildman–Crippen LogP) is 10.4. The van der Waals surface area contributed by atoms with Crippen molar-refractivity contribution < 1.29 is 48.3 Å². The van der Waals surface area contributed by atoms with Gasteiger partial charge in [-0.1, -0.05) is 92.1 Å². The molecule has 0 spiro atoms. The van der Waals surface area contributed by atoms with Gasteiger partial charge in [-0.2, -0.15) is 0 Å². The van der Waals surface area contributed by atoms with Gasteiger partial charge in [-0.15, -0.1) is 0 Å². The summed E-state index contributed by atoms with van der Waals surface area (Å²) >= 11 is 0. The van der Waals surface area contributed by atoms with E-state index in [1.165, 1.54) is 40.5 Å². The minimum Gasteiger partial charge on any atom is -0.483 e. The van der Waals surface area contributed by atoms with Crippen molar-refractivity contribution in [3.05, 3.63) is 157 Å². The quantitative estimate of drug-likeness (QED) is 0.0694. The lowest BCUT2D eigenvalue weighted by Gasteiger charge is -2.52. The monoisotopic (exact) mass is 978 g/mol. The summed E-state index contributed by atoms with van der Waals surface area (Å²) in [5.74, 6) is -1.09. The highest BCUT2D eigenvalue weighted by molar-refractivity contribution is 5.90. The Kier molecular flexibility index (Phi) is 14.9. The van der Waals surface area contributed by atoms with Crippen molar-refractivity contribution in [2.24, 2.45) is 17.8 Å². The fraction of sp³-hybridized carbons (Fsp3) is 0.492. The van der Waals surface area contributed by atoms with Crippen molar-refractivity contribution >= 4 is 22.9 Å². The fourth-order valence-electron chi connectivity index (χ4n) is 13.7. The van der Waals surface area contributed by atoms with Gasteiger partial charge >= 0.3 is 17.6 Å². The van der Waals surface area contributed by atoms with Gasteiger partial charge in [0, 0.05) is 48.5 Å². The van der Waals surface area contributed by atoms with E-state index in [0.29, 0.717) is 40.7 Å². The maximum Gasteiger partial charge on any atom is 0.340 e. The molecule has 380 valence electrons. The molecule has 10 rings (SSSR count). The lowest BCUT2D eigenvalue weighted by molar-refractivity contribution is -0.205.